The van der Waals surface area contributed by atoms with E-state index in [0.29, 0.717) is 50.0 Å². The number of aromatic hydroxyl groups is 1. The zero-order chi connectivity index (χ0) is 33.2. The number of nitrogens with one attached hydrogen (secondary N) is 3. The Hall–Kier alpha value is -5.56. The second kappa shape index (κ2) is 11.1. The van der Waals surface area contributed by atoms with Crippen molar-refractivity contribution in [3.05, 3.63) is 49.3 Å². The average molecular weight is 630 g/mol. The van der Waals surface area contributed by atoms with E-state index in [1.165, 1.54) is 33.5 Å². The first-order valence-electron chi connectivity index (χ1n) is 14.4. The minimum atomic E-state index is -1.61. The number of fused-ring (bicyclic) bond motifs is 1. The molecule has 1 aliphatic rings. The van der Waals surface area contributed by atoms with Crippen molar-refractivity contribution in [3.8, 4) is 23.0 Å². The minimum absolute atomic E-state index is 0.0129. The molecule has 0 spiro atoms. The quantitative estimate of drug-likeness (QED) is 0.0534. The monoisotopic (exact) mass is 629 g/mol. The summed E-state index contributed by atoms with van der Waals surface area (Å²) in [5, 5.41) is 36.6. The summed E-state index contributed by atoms with van der Waals surface area (Å²) in [5.41, 5.74) is 7.18. The highest BCUT2D eigenvalue weighted by Crippen LogP contribution is 2.56. The number of benzene rings is 5. The number of anilines is 2. The molecule has 0 saturated heterocycles. The number of carboxylic acid groups (broad SMARTS) is 2. The van der Waals surface area contributed by atoms with Crippen LogP contribution in [0.25, 0.3) is 49.2 Å². The number of aliphatic carboxylic acids is 2. The van der Waals surface area contributed by atoms with Crippen LogP contribution >= 0.6 is 0 Å². The van der Waals surface area contributed by atoms with Gasteiger partial charge in [0.25, 0.3) is 0 Å². The van der Waals surface area contributed by atoms with Crippen molar-refractivity contribution in [2.45, 2.75) is 32.7 Å². The van der Waals surface area contributed by atoms with Crippen LogP contribution in [-0.4, -0.2) is 61.2 Å². The van der Waals surface area contributed by atoms with E-state index < -0.39 is 35.3 Å². The fourth-order valence-electron chi connectivity index (χ4n) is 6.75. The Bertz CT molecular complexity index is 2260. The molecule has 0 bridgehead atoms. The number of phenols is 1. The molecular weight excluding hydrogens is 598 g/mol. The van der Waals surface area contributed by atoms with Crippen molar-refractivity contribution in [2.75, 3.05) is 38.6 Å². The molecule has 13 nitrogen and oxygen atoms in total. The first-order valence-corrected chi connectivity index (χ1v) is 14.4. The molecule has 0 fully saturated rings. The Labute approximate surface area is 260 Å². The summed E-state index contributed by atoms with van der Waals surface area (Å²) in [5.74, 6) is -2.60. The number of carbonyl (C=O) groups is 2. The van der Waals surface area contributed by atoms with Crippen molar-refractivity contribution in [2.24, 2.45) is 0 Å². The van der Waals surface area contributed by atoms with Gasteiger partial charge >= 0.3 is 11.9 Å². The number of ether oxygens (including phenoxy) is 3. The Kier molecular flexibility index (Phi) is 7.36. The third-order valence-electron chi connectivity index (χ3n) is 8.45. The van der Waals surface area contributed by atoms with Gasteiger partial charge in [-0.3, -0.25) is 14.4 Å². The predicted molar refractivity (Wildman–Crippen MR) is 175 cm³/mol. The van der Waals surface area contributed by atoms with E-state index in [1.54, 1.807) is 0 Å². The lowest BCUT2D eigenvalue weighted by Gasteiger charge is -2.26. The van der Waals surface area contributed by atoms with Gasteiger partial charge in [0.1, 0.15) is 23.3 Å². The Morgan fingerprint density at radius 1 is 0.848 bits per heavy atom. The van der Waals surface area contributed by atoms with Gasteiger partial charge in [0.05, 0.1) is 49.9 Å². The summed E-state index contributed by atoms with van der Waals surface area (Å²) < 4.78 is 17.4. The Morgan fingerprint density at radius 2 is 1.46 bits per heavy atom. The van der Waals surface area contributed by atoms with Crippen LogP contribution < -0.4 is 41.2 Å². The maximum Gasteiger partial charge on any atom is 0.326 e. The molecule has 6 rings (SSSR count). The SMILES string of the molecule is CCNNc1c(O)c2c(=O)cc(OC)c3c4c(OC)cc(=O)c5c(NC(CC(=O)O)C(=O)O)c(OC)c6c(c(c1C=C(C)C6)c23)c54. The Balaban J connectivity index is 2.00. The van der Waals surface area contributed by atoms with E-state index >= 15 is 0 Å². The zero-order valence-corrected chi connectivity index (χ0v) is 25.6. The maximum absolute atomic E-state index is 14.1. The number of phenolic OH excluding ortho intramolecular Hbond substituents is 1. The molecule has 0 heterocycles. The molecule has 0 aromatic heterocycles. The van der Waals surface area contributed by atoms with Gasteiger partial charge in [-0.25, -0.2) is 10.2 Å². The standard InChI is InChI=1S/C33H31N3O10/c1-6-34-36-29-13-7-12(2)8-14-22-21(13)28-24(31(29)41)17(38)11-19(45-4)26(28)25-18(44-3)10-16(37)23(27(22)25)30(32(14)46-5)35-15(33(42)43)9-20(39)40/h7,10-11,15,34-36,41H,6,8-9H2,1-5H3,(H,39,40)(H,42,43). The molecule has 1 unspecified atom stereocenters. The van der Waals surface area contributed by atoms with Gasteiger partial charge in [0.15, 0.2) is 16.6 Å². The van der Waals surface area contributed by atoms with Crippen molar-refractivity contribution in [1.29, 1.82) is 0 Å². The third-order valence-corrected chi connectivity index (χ3v) is 8.45. The largest absolute Gasteiger partial charge is 0.505 e. The van der Waals surface area contributed by atoms with Crippen LogP contribution in [0.1, 0.15) is 31.4 Å². The van der Waals surface area contributed by atoms with E-state index in [4.69, 9.17) is 14.2 Å². The topological polar surface area (TPSA) is 193 Å². The fraction of sp³-hybridized carbons (Fsp3) is 0.273. The van der Waals surface area contributed by atoms with Gasteiger partial charge in [0, 0.05) is 56.7 Å². The highest BCUT2D eigenvalue weighted by molar-refractivity contribution is 6.40. The van der Waals surface area contributed by atoms with Gasteiger partial charge in [-0.15, -0.1) is 0 Å². The molecule has 0 saturated carbocycles. The molecule has 1 aliphatic carbocycles. The molecule has 0 radical (unpaired) electrons. The summed E-state index contributed by atoms with van der Waals surface area (Å²) in [4.78, 5) is 51.6. The lowest BCUT2D eigenvalue weighted by molar-refractivity contribution is -0.144. The normalized spacial score (nSPS) is 13.3. The number of rotatable bonds is 11. The summed E-state index contributed by atoms with van der Waals surface area (Å²) in [6, 6.07) is 0.891. The summed E-state index contributed by atoms with van der Waals surface area (Å²) in [6.45, 7) is 4.21. The van der Waals surface area contributed by atoms with Crippen LogP contribution in [0, 0.1) is 0 Å². The molecular formula is C33H31N3O10. The van der Waals surface area contributed by atoms with Crippen molar-refractivity contribution in [3.63, 3.8) is 0 Å². The molecule has 238 valence electrons. The summed E-state index contributed by atoms with van der Waals surface area (Å²) in [6.07, 6.45) is 1.35. The highest BCUT2D eigenvalue weighted by atomic mass is 16.5. The minimum Gasteiger partial charge on any atom is -0.505 e. The molecule has 13 heteroatoms. The number of hydrogen-bond acceptors (Lipinski definition) is 11. The van der Waals surface area contributed by atoms with Gasteiger partial charge < -0.3 is 40.3 Å². The highest BCUT2D eigenvalue weighted by Gasteiger charge is 2.34. The van der Waals surface area contributed by atoms with Crippen LogP contribution in [0.3, 0.4) is 0 Å². The first kappa shape index (κ1) is 30.5. The second-order valence-corrected chi connectivity index (χ2v) is 11.1. The molecule has 5 aromatic carbocycles. The van der Waals surface area contributed by atoms with E-state index in [9.17, 15) is 34.5 Å². The molecule has 1 atom stereocenters. The molecule has 46 heavy (non-hydrogen) atoms. The van der Waals surface area contributed by atoms with Crippen molar-refractivity contribution < 1.29 is 39.1 Å². The lowest BCUT2D eigenvalue weighted by Crippen LogP contribution is -2.32. The second-order valence-electron chi connectivity index (χ2n) is 11.1. The Morgan fingerprint density at radius 3 is 2.00 bits per heavy atom. The van der Waals surface area contributed by atoms with Gasteiger partial charge in [-0.1, -0.05) is 18.6 Å². The summed E-state index contributed by atoms with van der Waals surface area (Å²) >= 11 is 0. The smallest absolute Gasteiger partial charge is 0.326 e. The van der Waals surface area contributed by atoms with Crippen LogP contribution in [0.4, 0.5) is 11.4 Å². The molecule has 0 amide bonds. The molecule has 5 aromatic rings. The maximum atomic E-state index is 14.1. The van der Waals surface area contributed by atoms with E-state index in [0.717, 1.165) is 5.57 Å². The predicted octanol–water partition coefficient (Wildman–Crippen LogP) is 3.86. The number of hydrazine groups is 1. The van der Waals surface area contributed by atoms with Crippen LogP contribution in [-0.2, 0) is 16.0 Å². The molecule has 0 aliphatic heterocycles. The first-order chi connectivity index (χ1) is 22.0. The number of carboxylic acids is 2. The van der Waals surface area contributed by atoms with Crippen molar-refractivity contribution >= 4 is 72.5 Å². The van der Waals surface area contributed by atoms with Gasteiger partial charge in [-0.05, 0) is 18.7 Å². The summed E-state index contributed by atoms with van der Waals surface area (Å²) in [7, 11) is 4.17. The van der Waals surface area contributed by atoms with Crippen LogP contribution in [0.5, 0.6) is 23.0 Å². The lowest BCUT2D eigenvalue weighted by atomic mass is 9.83. The zero-order valence-electron chi connectivity index (χ0n) is 25.6. The fourth-order valence-corrected chi connectivity index (χ4v) is 6.75. The third kappa shape index (κ3) is 4.26. The average Bonchev–Trinajstić information content (AvgIpc) is 3.16. The van der Waals surface area contributed by atoms with Gasteiger partial charge in [-0.2, -0.15) is 0 Å². The molecule has 6 N–H and O–H groups in total. The van der Waals surface area contributed by atoms with Crippen molar-refractivity contribution in [1.82, 2.24) is 5.43 Å². The van der Waals surface area contributed by atoms with Gasteiger partial charge in [0.2, 0.25) is 0 Å². The number of allylic oxidation sites excluding steroid dienone is 1. The van der Waals surface area contributed by atoms with E-state index in [-0.39, 0.29) is 51.6 Å². The number of hydrogen-bond donors (Lipinski definition) is 6. The van der Waals surface area contributed by atoms with E-state index in [2.05, 4.69) is 16.2 Å². The van der Waals surface area contributed by atoms with E-state index in [1.807, 2.05) is 19.9 Å². The number of methoxy groups -OCH3 is 3. The van der Waals surface area contributed by atoms with Crippen LogP contribution in [0.15, 0.2) is 27.3 Å². The van der Waals surface area contributed by atoms with Crippen LogP contribution in [0.2, 0.25) is 0 Å².